The van der Waals surface area contributed by atoms with E-state index in [1.165, 1.54) is 0 Å². The van der Waals surface area contributed by atoms with Crippen LogP contribution in [0.4, 0.5) is 0 Å². The first-order chi connectivity index (χ1) is 14.0. The molecule has 0 aliphatic carbocycles. The Balaban J connectivity index is 1.47. The van der Waals surface area contributed by atoms with Gasteiger partial charge in [0.15, 0.2) is 11.5 Å². The van der Waals surface area contributed by atoms with E-state index in [-0.39, 0.29) is 0 Å². The summed E-state index contributed by atoms with van der Waals surface area (Å²) in [4.78, 5) is 29.4. The molecule has 3 aromatic rings. The molecule has 3 heterocycles. The van der Waals surface area contributed by atoms with E-state index in [9.17, 15) is 9.59 Å². The van der Waals surface area contributed by atoms with Crippen molar-refractivity contribution in [2.75, 3.05) is 13.2 Å². The summed E-state index contributed by atoms with van der Waals surface area (Å²) in [6.07, 6.45) is 1.70. The highest BCUT2D eigenvalue weighted by atomic mass is 16.6. The van der Waals surface area contributed by atoms with E-state index in [0.717, 1.165) is 17.2 Å². The molecule has 0 saturated carbocycles. The van der Waals surface area contributed by atoms with Crippen molar-refractivity contribution in [3.63, 3.8) is 0 Å². The number of rotatable bonds is 3. The van der Waals surface area contributed by atoms with Gasteiger partial charge in [0.05, 0.1) is 5.56 Å². The van der Waals surface area contributed by atoms with Crippen LogP contribution in [0.2, 0.25) is 0 Å². The van der Waals surface area contributed by atoms with Gasteiger partial charge in [-0.15, -0.1) is 0 Å². The predicted octanol–water partition coefficient (Wildman–Crippen LogP) is 2.34. The minimum atomic E-state index is -0.450. The van der Waals surface area contributed by atoms with Gasteiger partial charge in [0, 0.05) is 23.1 Å². The predicted molar refractivity (Wildman–Crippen MR) is 105 cm³/mol. The number of aromatic nitrogens is 2. The second kappa shape index (κ2) is 7.67. The van der Waals surface area contributed by atoms with Crippen LogP contribution in [0.5, 0.6) is 11.5 Å². The van der Waals surface area contributed by atoms with Crippen LogP contribution in [0.25, 0.3) is 5.82 Å². The van der Waals surface area contributed by atoms with Crippen LogP contribution in [0.15, 0.2) is 48.7 Å². The second-order valence-electron chi connectivity index (χ2n) is 6.57. The van der Waals surface area contributed by atoms with Crippen LogP contribution in [-0.2, 0) is 0 Å². The molecule has 0 spiro atoms. The fourth-order valence-corrected chi connectivity index (χ4v) is 3.27. The quantitative estimate of drug-likeness (QED) is 0.667. The lowest BCUT2D eigenvalue weighted by Gasteiger charge is -2.18. The Morgan fingerprint density at radius 2 is 1.72 bits per heavy atom. The van der Waals surface area contributed by atoms with Crippen LogP contribution >= 0.6 is 0 Å². The maximum absolute atomic E-state index is 12.6. The Labute approximate surface area is 167 Å². The maximum atomic E-state index is 12.6. The largest absolute Gasteiger partial charge is 0.486 e. The average molecular weight is 392 g/mol. The molecule has 0 atom stereocenters. The smallest absolute Gasteiger partial charge is 0.271 e. The normalized spacial score (nSPS) is 12.3. The van der Waals surface area contributed by atoms with Gasteiger partial charge in [-0.05, 0) is 50.2 Å². The lowest BCUT2D eigenvalue weighted by molar-refractivity contribution is 0.0845. The third-order valence-corrected chi connectivity index (χ3v) is 4.65. The molecule has 2 aromatic heterocycles. The summed E-state index contributed by atoms with van der Waals surface area (Å²) >= 11 is 0. The molecular weight excluding hydrogens is 372 g/mol. The topological polar surface area (TPSA) is 94.5 Å². The standard InChI is InChI=1S/C21H20N4O4/c1-13-11-16(14(2)25(13)19-5-3-4-8-22-19)21(27)24-23-20(26)15-6-7-17-18(12-15)29-10-9-28-17/h3-8,11-12H,9-10H2,1-2H3,(H,23,26)(H,24,27). The molecule has 2 amide bonds. The molecule has 0 unspecified atom stereocenters. The zero-order valence-corrected chi connectivity index (χ0v) is 16.1. The van der Waals surface area contributed by atoms with E-state index in [2.05, 4.69) is 15.8 Å². The summed E-state index contributed by atoms with van der Waals surface area (Å²) in [5, 5.41) is 0. The van der Waals surface area contributed by atoms with Crippen molar-refractivity contribution in [3.8, 4) is 17.3 Å². The van der Waals surface area contributed by atoms with Gasteiger partial charge in [-0.3, -0.25) is 20.4 Å². The van der Waals surface area contributed by atoms with Gasteiger partial charge in [-0.2, -0.15) is 0 Å². The molecule has 0 radical (unpaired) electrons. The van der Waals surface area contributed by atoms with Gasteiger partial charge in [0.1, 0.15) is 19.0 Å². The van der Waals surface area contributed by atoms with E-state index in [0.29, 0.717) is 35.8 Å². The molecular formula is C21H20N4O4. The van der Waals surface area contributed by atoms with Crippen LogP contribution in [0, 0.1) is 13.8 Å². The summed E-state index contributed by atoms with van der Waals surface area (Å²) in [6, 6.07) is 12.2. The second-order valence-corrected chi connectivity index (χ2v) is 6.57. The van der Waals surface area contributed by atoms with Gasteiger partial charge in [0.25, 0.3) is 11.8 Å². The molecule has 1 aliphatic heterocycles. The van der Waals surface area contributed by atoms with Gasteiger partial charge in [-0.1, -0.05) is 6.07 Å². The van der Waals surface area contributed by atoms with Gasteiger partial charge in [-0.25, -0.2) is 4.98 Å². The molecule has 8 nitrogen and oxygen atoms in total. The van der Waals surface area contributed by atoms with Gasteiger partial charge >= 0.3 is 0 Å². The molecule has 2 N–H and O–H groups in total. The van der Waals surface area contributed by atoms with Crippen LogP contribution in [-0.4, -0.2) is 34.6 Å². The van der Waals surface area contributed by atoms with Crippen molar-refractivity contribution in [1.29, 1.82) is 0 Å². The minimum absolute atomic E-state index is 0.355. The number of hydrogen-bond acceptors (Lipinski definition) is 5. The average Bonchev–Trinajstić information content (AvgIpc) is 3.06. The van der Waals surface area contributed by atoms with E-state index in [1.807, 2.05) is 36.6 Å². The molecule has 0 bridgehead atoms. The number of aryl methyl sites for hydroxylation is 1. The van der Waals surface area contributed by atoms with Crippen molar-refractivity contribution >= 4 is 11.8 Å². The number of carbonyl (C=O) groups excluding carboxylic acids is 2. The van der Waals surface area contributed by atoms with Crippen molar-refractivity contribution in [1.82, 2.24) is 20.4 Å². The number of fused-ring (bicyclic) bond motifs is 1. The van der Waals surface area contributed by atoms with E-state index < -0.39 is 11.8 Å². The number of amides is 2. The summed E-state index contributed by atoms with van der Waals surface area (Å²) in [6.45, 7) is 4.64. The number of nitrogens with one attached hydrogen (secondary N) is 2. The molecule has 1 aromatic carbocycles. The Morgan fingerprint density at radius 1 is 0.966 bits per heavy atom. The first kappa shape index (κ1) is 18.5. The third kappa shape index (κ3) is 3.64. The molecule has 0 saturated heterocycles. The van der Waals surface area contributed by atoms with E-state index in [1.54, 1.807) is 30.5 Å². The Hall–Kier alpha value is -3.81. The fourth-order valence-electron chi connectivity index (χ4n) is 3.27. The van der Waals surface area contributed by atoms with Gasteiger partial charge in [0.2, 0.25) is 0 Å². The Kier molecular flexibility index (Phi) is 4.90. The first-order valence-corrected chi connectivity index (χ1v) is 9.15. The summed E-state index contributed by atoms with van der Waals surface area (Å²) in [5.74, 6) is 0.967. The minimum Gasteiger partial charge on any atom is -0.486 e. The van der Waals surface area contributed by atoms with Crippen molar-refractivity contribution in [3.05, 3.63) is 71.2 Å². The number of carbonyl (C=O) groups is 2. The molecule has 0 fully saturated rings. The lowest BCUT2D eigenvalue weighted by Crippen LogP contribution is -2.41. The maximum Gasteiger partial charge on any atom is 0.271 e. The van der Waals surface area contributed by atoms with Crippen LogP contribution in [0.3, 0.4) is 0 Å². The molecule has 4 rings (SSSR count). The lowest BCUT2D eigenvalue weighted by atomic mass is 10.2. The number of hydrogen-bond donors (Lipinski definition) is 2. The number of hydrazine groups is 1. The van der Waals surface area contributed by atoms with Crippen molar-refractivity contribution in [2.24, 2.45) is 0 Å². The number of ether oxygens (including phenoxy) is 2. The third-order valence-electron chi connectivity index (χ3n) is 4.65. The van der Waals surface area contributed by atoms with Gasteiger partial charge < -0.3 is 14.0 Å². The first-order valence-electron chi connectivity index (χ1n) is 9.15. The molecule has 29 heavy (non-hydrogen) atoms. The molecule has 1 aliphatic rings. The Bertz CT molecular complexity index is 1080. The number of nitrogens with zero attached hydrogens (tertiary/aromatic N) is 2. The fraction of sp³-hybridized carbons (Fsp3) is 0.190. The highest BCUT2D eigenvalue weighted by Gasteiger charge is 2.19. The van der Waals surface area contributed by atoms with E-state index in [4.69, 9.17) is 9.47 Å². The van der Waals surface area contributed by atoms with Crippen LogP contribution in [0.1, 0.15) is 32.1 Å². The summed E-state index contributed by atoms with van der Waals surface area (Å²) in [7, 11) is 0. The molecule has 8 heteroatoms. The Morgan fingerprint density at radius 3 is 2.48 bits per heavy atom. The van der Waals surface area contributed by atoms with Crippen LogP contribution < -0.4 is 20.3 Å². The SMILES string of the molecule is Cc1cc(C(=O)NNC(=O)c2ccc3c(c2)OCCO3)c(C)n1-c1ccccn1. The monoisotopic (exact) mass is 392 g/mol. The molecule has 148 valence electrons. The zero-order valence-electron chi connectivity index (χ0n) is 16.1. The zero-order chi connectivity index (χ0) is 20.4. The number of benzene rings is 1. The highest BCUT2D eigenvalue weighted by Crippen LogP contribution is 2.30. The summed E-state index contributed by atoms with van der Waals surface area (Å²) in [5.41, 5.74) is 7.31. The van der Waals surface area contributed by atoms with E-state index >= 15 is 0 Å². The van der Waals surface area contributed by atoms with Crippen molar-refractivity contribution in [2.45, 2.75) is 13.8 Å². The van der Waals surface area contributed by atoms with Crippen molar-refractivity contribution < 1.29 is 19.1 Å². The number of pyridine rings is 1. The highest BCUT2D eigenvalue weighted by molar-refractivity contribution is 6.00. The summed E-state index contributed by atoms with van der Waals surface area (Å²) < 4.78 is 12.8.